The fraction of sp³-hybridized carbons (Fsp3) is 0.647. The Hall–Kier alpha value is -1.22. The van der Waals surface area contributed by atoms with E-state index < -0.39 is 0 Å². The number of hydrogen-bond acceptors (Lipinski definition) is 3. The Balaban J connectivity index is 2.46. The molecule has 2 rings (SSSR count). The van der Waals surface area contributed by atoms with Crippen LogP contribution in [0.25, 0.3) is 0 Å². The second-order valence-corrected chi connectivity index (χ2v) is 6.79. The first kappa shape index (κ1) is 15.2. The predicted octanol–water partition coefficient (Wildman–Crippen LogP) is 3.72. The summed E-state index contributed by atoms with van der Waals surface area (Å²) in [5, 5.41) is 3.77. The molecule has 1 aliphatic heterocycles. The van der Waals surface area contributed by atoms with E-state index in [1.807, 2.05) is 0 Å². The topological polar surface area (TPSA) is 30.5 Å². The molecule has 0 radical (unpaired) electrons. The summed E-state index contributed by atoms with van der Waals surface area (Å²) in [4.78, 5) is 0. The zero-order chi connectivity index (χ0) is 14.9. The molecular formula is C17H27NO2. The van der Waals surface area contributed by atoms with Crippen LogP contribution in [0, 0.1) is 5.92 Å². The standard InChI is InChI=1S/C17H27NO2/c1-11(2)7-14-13-9-16(20-6)15(19-5)8-12(13)10-17(3,4)18-14/h8-9,11,14,18H,7,10H2,1-6H3. The summed E-state index contributed by atoms with van der Waals surface area (Å²) in [6, 6.07) is 4.67. The Bertz CT molecular complexity index is 480. The van der Waals surface area contributed by atoms with Crippen molar-refractivity contribution >= 4 is 0 Å². The molecule has 1 aromatic rings. The molecule has 1 aliphatic rings. The summed E-state index contributed by atoms with van der Waals surface area (Å²) in [5.74, 6) is 2.30. The van der Waals surface area contributed by atoms with E-state index in [-0.39, 0.29) is 5.54 Å². The maximum atomic E-state index is 5.45. The van der Waals surface area contributed by atoms with E-state index in [1.165, 1.54) is 11.1 Å². The van der Waals surface area contributed by atoms with Crippen molar-refractivity contribution in [1.82, 2.24) is 5.32 Å². The molecule has 20 heavy (non-hydrogen) atoms. The van der Waals surface area contributed by atoms with E-state index in [0.717, 1.165) is 24.3 Å². The minimum atomic E-state index is 0.117. The van der Waals surface area contributed by atoms with Crippen LogP contribution in [0.5, 0.6) is 11.5 Å². The smallest absolute Gasteiger partial charge is 0.161 e. The van der Waals surface area contributed by atoms with Gasteiger partial charge in [0, 0.05) is 11.6 Å². The molecule has 3 nitrogen and oxygen atoms in total. The molecule has 1 unspecified atom stereocenters. The molecule has 1 heterocycles. The SMILES string of the molecule is COc1cc2c(cc1OC)C(CC(C)C)NC(C)(C)C2. The molecule has 0 amide bonds. The molecular weight excluding hydrogens is 250 g/mol. The zero-order valence-corrected chi connectivity index (χ0v) is 13.5. The summed E-state index contributed by atoms with van der Waals surface area (Å²) in [6.45, 7) is 9.06. The van der Waals surface area contributed by atoms with Crippen LogP contribution >= 0.6 is 0 Å². The highest BCUT2D eigenvalue weighted by atomic mass is 16.5. The van der Waals surface area contributed by atoms with E-state index in [4.69, 9.17) is 9.47 Å². The molecule has 1 atom stereocenters. The van der Waals surface area contributed by atoms with Gasteiger partial charge in [-0.3, -0.25) is 0 Å². The van der Waals surface area contributed by atoms with Crippen molar-refractivity contribution in [2.75, 3.05) is 14.2 Å². The second kappa shape index (κ2) is 5.65. The van der Waals surface area contributed by atoms with Gasteiger partial charge in [-0.2, -0.15) is 0 Å². The maximum absolute atomic E-state index is 5.45. The van der Waals surface area contributed by atoms with Gasteiger partial charge in [0.1, 0.15) is 0 Å². The summed E-state index contributed by atoms with van der Waals surface area (Å²) in [7, 11) is 3.39. The normalized spacial score (nSPS) is 20.6. The molecule has 112 valence electrons. The molecule has 1 N–H and O–H groups in total. The van der Waals surface area contributed by atoms with E-state index in [9.17, 15) is 0 Å². The number of benzene rings is 1. The average molecular weight is 277 g/mol. The fourth-order valence-electron chi connectivity index (χ4n) is 3.15. The lowest BCUT2D eigenvalue weighted by Crippen LogP contribution is -2.47. The molecule has 0 aromatic heterocycles. The Morgan fingerprint density at radius 2 is 1.80 bits per heavy atom. The van der Waals surface area contributed by atoms with Crippen LogP contribution in [0.2, 0.25) is 0 Å². The van der Waals surface area contributed by atoms with Gasteiger partial charge in [-0.1, -0.05) is 13.8 Å². The van der Waals surface area contributed by atoms with Gasteiger partial charge in [0.15, 0.2) is 11.5 Å². The van der Waals surface area contributed by atoms with Crippen molar-refractivity contribution in [3.63, 3.8) is 0 Å². The third kappa shape index (κ3) is 3.09. The Kier molecular flexibility index (Phi) is 4.28. The van der Waals surface area contributed by atoms with Crippen LogP contribution in [0.1, 0.15) is 51.3 Å². The van der Waals surface area contributed by atoms with Gasteiger partial charge in [-0.15, -0.1) is 0 Å². The predicted molar refractivity (Wildman–Crippen MR) is 82.7 cm³/mol. The molecule has 0 bridgehead atoms. The Labute approximate surface area is 122 Å². The first-order chi connectivity index (χ1) is 9.36. The molecule has 0 saturated heterocycles. The lowest BCUT2D eigenvalue weighted by atomic mass is 9.81. The van der Waals surface area contributed by atoms with E-state index in [2.05, 4.69) is 45.1 Å². The molecule has 0 spiro atoms. The van der Waals surface area contributed by atoms with Gasteiger partial charge in [0.2, 0.25) is 0 Å². The number of rotatable bonds is 4. The molecule has 0 aliphatic carbocycles. The third-order valence-corrected chi connectivity index (χ3v) is 3.93. The Morgan fingerprint density at radius 1 is 1.20 bits per heavy atom. The van der Waals surface area contributed by atoms with Crippen molar-refractivity contribution in [2.24, 2.45) is 5.92 Å². The summed E-state index contributed by atoms with van der Waals surface area (Å²) < 4.78 is 10.9. The number of hydrogen-bond donors (Lipinski definition) is 1. The van der Waals surface area contributed by atoms with Crippen molar-refractivity contribution in [1.29, 1.82) is 0 Å². The number of fused-ring (bicyclic) bond motifs is 1. The van der Waals surface area contributed by atoms with Crippen LogP contribution in [0.3, 0.4) is 0 Å². The Morgan fingerprint density at radius 3 is 2.35 bits per heavy atom. The number of ether oxygens (including phenoxy) is 2. The third-order valence-electron chi connectivity index (χ3n) is 3.93. The minimum Gasteiger partial charge on any atom is -0.493 e. The summed E-state index contributed by atoms with van der Waals surface area (Å²) in [6.07, 6.45) is 2.14. The zero-order valence-electron chi connectivity index (χ0n) is 13.5. The van der Waals surface area contributed by atoms with Gasteiger partial charge >= 0.3 is 0 Å². The highest BCUT2D eigenvalue weighted by Crippen LogP contribution is 2.40. The first-order valence-corrected chi connectivity index (χ1v) is 7.39. The van der Waals surface area contributed by atoms with Crippen molar-refractivity contribution in [2.45, 2.75) is 52.1 Å². The van der Waals surface area contributed by atoms with Crippen LogP contribution in [-0.4, -0.2) is 19.8 Å². The number of methoxy groups -OCH3 is 2. The average Bonchev–Trinajstić information content (AvgIpc) is 2.35. The van der Waals surface area contributed by atoms with E-state index >= 15 is 0 Å². The van der Waals surface area contributed by atoms with E-state index in [1.54, 1.807) is 14.2 Å². The quantitative estimate of drug-likeness (QED) is 0.910. The van der Waals surface area contributed by atoms with Crippen molar-refractivity contribution < 1.29 is 9.47 Å². The van der Waals surface area contributed by atoms with Gasteiger partial charge in [-0.25, -0.2) is 0 Å². The monoisotopic (exact) mass is 277 g/mol. The molecule has 0 saturated carbocycles. The van der Waals surface area contributed by atoms with Crippen LogP contribution in [-0.2, 0) is 6.42 Å². The lowest BCUT2D eigenvalue weighted by Gasteiger charge is -2.40. The van der Waals surface area contributed by atoms with E-state index in [0.29, 0.717) is 12.0 Å². The second-order valence-electron chi connectivity index (χ2n) is 6.79. The van der Waals surface area contributed by atoms with Crippen LogP contribution in [0.15, 0.2) is 12.1 Å². The maximum Gasteiger partial charge on any atom is 0.161 e. The van der Waals surface area contributed by atoms with Crippen LogP contribution < -0.4 is 14.8 Å². The van der Waals surface area contributed by atoms with Gasteiger partial charge in [-0.05, 0) is 55.9 Å². The fourth-order valence-corrected chi connectivity index (χ4v) is 3.15. The highest BCUT2D eigenvalue weighted by molar-refractivity contribution is 5.50. The summed E-state index contributed by atoms with van der Waals surface area (Å²) >= 11 is 0. The van der Waals surface area contributed by atoms with Gasteiger partial charge in [0.05, 0.1) is 14.2 Å². The number of nitrogens with one attached hydrogen (secondary N) is 1. The van der Waals surface area contributed by atoms with Crippen molar-refractivity contribution in [3.8, 4) is 11.5 Å². The van der Waals surface area contributed by atoms with Crippen molar-refractivity contribution in [3.05, 3.63) is 23.3 Å². The highest BCUT2D eigenvalue weighted by Gasteiger charge is 2.32. The van der Waals surface area contributed by atoms with Crippen LogP contribution in [0.4, 0.5) is 0 Å². The van der Waals surface area contributed by atoms with Gasteiger partial charge < -0.3 is 14.8 Å². The first-order valence-electron chi connectivity index (χ1n) is 7.39. The molecule has 1 aromatic carbocycles. The minimum absolute atomic E-state index is 0.117. The molecule has 3 heteroatoms. The molecule has 0 fully saturated rings. The largest absolute Gasteiger partial charge is 0.493 e. The summed E-state index contributed by atoms with van der Waals surface area (Å²) in [5.41, 5.74) is 2.85. The van der Waals surface area contributed by atoms with Gasteiger partial charge in [0.25, 0.3) is 0 Å². The lowest BCUT2D eigenvalue weighted by molar-refractivity contribution is 0.279.